The number of halogens is 1. The Labute approximate surface area is 193 Å². The Morgan fingerprint density at radius 1 is 1.23 bits per heavy atom. The predicted molar refractivity (Wildman–Crippen MR) is 130 cm³/mol. The van der Waals surface area contributed by atoms with Gasteiger partial charge in [-0.2, -0.15) is 0 Å². The van der Waals surface area contributed by atoms with Gasteiger partial charge in [0.05, 0.1) is 10.9 Å². The van der Waals surface area contributed by atoms with Gasteiger partial charge in [-0.1, -0.05) is 52.7 Å². The highest BCUT2D eigenvalue weighted by Crippen LogP contribution is 2.37. The van der Waals surface area contributed by atoms with Crippen molar-refractivity contribution in [3.8, 4) is 17.1 Å². The SMILES string of the molecule is Cc1ccc(COc2ccc(Br)cc2-c2nc3sc4c(c3c(=O)[nH]2)CCC(C)C4)cc1. The van der Waals surface area contributed by atoms with Crippen molar-refractivity contribution in [1.29, 1.82) is 0 Å². The quantitative estimate of drug-likeness (QED) is 0.355. The van der Waals surface area contributed by atoms with Gasteiger partial charge in [0.1, 0.15) is 23.0 Å². The minimum Gasteiger partial charge on any atom is -0.488 e. The van der Waals surface area contributed by atoms with Crippen LogP contribution in [0.3, 0.4) is 0 Å². The van der Waals surface area contributed by atoms with Crippen LogP contribution in [-0.4, -0.2) is 9.97 Å². The summed E-state index contributed by atoms with van der Waals surface area (Å²) in [5.41, 5.74) is 4.23. The highest BCUT2D eigenvalue weighted by molar-refractivity contribution is 9.10. The van der Waals surface area contributed by atoms with Crippen LogP contribution in [0, 0.1) is 12.8 Å². The summed E-state index contributed by atoms with van der Waals surface area (Å²) in [4.78, 5) is 23.1. The molecule has 1 N–H and O–H groups in total. The molecule has 0 fully saturated rings. The molecule has 31 heavy (non-hydrogen) atoms. The first kappa shape index (κ1) is 20.5. The molecule has 0 saturated heterocycles. The molecule has 0 saturated carbocycles. The average molecular weight is 495 g/mol. The lowest BCUT2D eigenvalue weighted by molar-refractivity contribution is 0.307. The van der Waals surface area contributed by atoms with Crippen molar-refractivity contribution in [1.82, 2.24) is 9.97 Å². The van der Waals surface area contributed by atoms with Crippen LogP contribution in [0.1, 0.15) is 34.9 Å². The van der Waals surface area contributed by atoms with Gasteiger partial charge >= 0.3 is 0 Å². The first-order chi connectivity index (χ1) is 15.0. The summed E-state index contributed by atoms with van der Waals surface area (Å²) in [7, 11) is 0. The van der Waals surface area contributed by atoms with E-state index in [4.69, 9.17) is 9.72 Å². The summed E-state index contributed by atoms with van der Waals surface area (Å²) >= 11 is 5.21. The minimum absolute atomic E-state index is 0.0588. The number of ether oxygens (including phenoxy) is 1. The van der Waals surface area contributed by atoms with Crippen LogP contribution in [0.2, 0.25) is 0 Å². The van der Waals surface area contributed by atoms with E-state index in [-0.39, 0.29) is 5.56 Å². The first-order valence-corrected chi connectivity index (χ1v) is 12.1. The van der Waals surface area contributed by atoms with Gasteiger partial charge in [-0.3, -0.25) is 4.79 Å². The van der Waals surface area contributed by atoms with E-state index in [0.29, 0.717) is 24.1 Å². The van der Waals surface area contributed by atoms with Crippen molar-refractivity contribution in [2.24, 2.45) is 5.92 Å². The maximum atomic E-state index is 13.1. The van der Waals surface area contributed by atoms with E-state index in [0.717, 1.165) is 45.1 Å². The van der Waals surface area contributed by atoms with Gasteiger partial charge in [0, 0.05) is 9.35 Å². The fourth-order valence-electron chi connectivity index (χ4n) is 4.13. The Bertz CT molecular complexity index is 1320. The number of thiophene rings is 1. The molecule has 5 rings (SSSR count). The van der Waals surface area contributed by atoms with Crippen LogP contribution in [0.5, 0.6) is 5.75 Å². The summed E-state index contributed by atoms with van der Waals surface area (Å²) in [6, 6.07) is 14.1. The standard InChI is InChI=1S/C25H23BrN2O2S/c1-14-3-6-16(7-4-14)13-30-20-10-8-17(26)12-19(20)23-27-24(29)22-18-9-5-15(2)11-21(18)31-25(22)28-23/h3-4,6-8,10,12,15H,5,9,11,13H2,1-2H3,(H,27,28,29). The second kappa shape index (κ2) is 8.24. The van der Waals surface area contributed by atoms with Crippen molar-refractivity contribution in [2.75, 3.05) is 0 Å². The summed E-state index contributed by atoms with van der Waals surface area (Å²) in [5, 5.41) is 0.771. The van der Waals surface area contributed by atoms with E-state index in [1.165, 1.54) is 16.0 Å². The molecule has 1 atom stereocenters. The summed E-state index contributed by atoms with van der Waals surface area (Å²) in [6.07, 6.45) is 3.12. The molecule has 1 aliphatic carbocycles. The first-order valence-electron chi connectivity index (χ1n) is 10.5. The number of fused-ring (bicyclic) bond motifs is 3. The number of aryl methyl sites for hydroxylation is 2. The van der Waals surface area contributed by atoms with Crippen molar-refractivity contribution in [3.63, 3.8) is 0 Å². The lowest BCUT2D eigenvalue weighted by atomic mass is 9.89. The van der Waals surface area contributed by atoms with Gasteiger partial charge < -0.3 is 9.72 Å². The van der Waals surface area contributed by atoms with E-state index >= 15 is 0 Å². The zero-order valence-electron chi connectivity index (χ0n) is 17.5. The van der Waals surface area contributed by atoms with Gasteiger partial charge in [-0.05, 0) is 61.4 Å². The molecule has 2 aromatic heterocycles. The van der Waals surface area contributed by atoms with Crippen molar-refractivity contribution >= 4 is 37.5 Å². The maximum absolute atomic E-state index is 13.1. The molecule has 4 aromatic rings. The molecular formula is C25H23BrN2O2S. The lowest BCUT2D eigenvalue weighted by Crippen LogP contribution is -2.13. The molecule has 2 aromatic carbocycles. The molecule has 1 aliphatic rings. The van der Waals surface area contributed by atoms with E-state index < -0.39 is 0 Å². The Balaban J connectivity index is 1.54. The number of hydrogen-bond donors (Lipinski definition) is 1. The highest BCUT2D eigenvalue weighted by Gasteiger charge is 2.23. The minimum atomic E-state index is -0.0588. The third-order valence-corrected chi connectivity index (χ3v) is 7.52. The summed E-state index contributed by atoms with van der Waals surface area (Å²) in [6.45, 7) is 4.79. The highest BCUT2D eigenvalue weighted by atomic mass is 79.9. The molecule has 6 heteroatoms. The molecule has 0 bridgehead atoms. The molecule has 4 nitrogen and oxygen atoms in total. The fourth-order valence-corrected chi connectivity index (χ4v) is 5.88. The Hall–Kier alpha value is -2.44. The Morgan fingerprint density at radius 2 is 2.03 bits per heavy atom. The van der Waals surface area contributed by atoms with E-state index in [9.17, 15) is 4.79 Å². The third kappa shape index (κ3) is 4.06. The molecule has 158 valence electrons. The van der Waals surface area contributed by atoms with E-state index in [1.54, 1.807) is 11.3 Å². The average Bonchev–Trinajstić information content (AvgIpc) is 3.11. The summed E-state index contributed by atoms with van der Waals surface area (Å²) in [5.74, 6) is 1.90. The van der Waals surface area contributed by atoms with E-state index in [1.807, 2.05) is 18.2 Å². The predicted octanol–water partition coefficient (Wildman–Crippen LogP) is 6.43. The zero-order chi connectivity index (χ0) is 21.5. The number of H-pyrrole nitrogens is 1. The lowest BCUT2D eigenvalue weighted by Gasteiger charge is -2.17. The molecule has 0 spiro atoms. The molecular weight excluding hydrogens is 472 g/mol. The van der Waals surface area contributed by atoms with Gasteiger partial charge in [-0.15, -0.1) is 11.3 Å². The van der Waals surface area contributed by atoms with Gasteiger partial charge in [-0.25, -0.2) is 4.98 Å². The molecule has 2 heterocycles. The van der Waals surface area contributed by atoms with Gasteiger partial charge in [0.25, 0.3) is 5.56 Å². The zero-order valence-corrected chi connectivity index (χ0v) is 19.9. The van der Waals surface area contributed by atoms with Crippen LogP contribution in [0.4, 0.5) is 0 Å². The topological polar surface area (TPSA) is 55.0 Å². The van der Waals surface area contributed by atoms with Crippen LogP contribution in [0.15, 0.2) is 51.7 Å². The van der Waals surface area contributed by atoms with Gasteiger partial charge in [0.15, 0.2) is 0 Å². The van der Waals surface area contributed by atoms with E-state index in [2.05, 4.69) is 59.0 Å². The maximum Gasteiger partial charge on any atom is 0.260 e. The summed E-state index contributed by atoms with van der Waals surface area (Å²) < 4.78 is 7.05. The van der Waals surface area contributed by atoms with Crippen molar-refractivity contribution < 1.29 is 4.74 Å². The largest absolute Gasteiger partial charge is 0.488 e. The second-order valence-corrected chi connectivity index (χ2v) is 10.4. The van der Waals surface area contributed by atoms with Crippen molar-refractivity contribution in [3.05, 3.63) is 78.9 Å². The number of aromatic nitrogens is 2. The van der Waals surface area contributed by atoms with Crippen LogP contribution < -0.4 is 10.3 Å². The fraction of sp³-hybridized carbons (Fsp3) is 0.280. The van der Waals surface area contributed by atoms with Crippen LogP contribution in [-0.2, 0) is 19.4 Å². The molecule has 1 unspecified atom stereocenters. The number of hydrogen-bond acceptors (Lipinski definition) is 4. The van der Waals surface area contributed by atoms with Gasteiger partial charge in [0.2, 0.25) is 0 Å². The third-order valence-electron chi connectivity index (χ3n) is 5.88. The molecule has 0 radical (unpaired) electrons. The second-order valence-electron chi connectivity index (χ2n) is 8.36. The Morgan fingerprint density at radius 3 is 2.84 bits per heavy atom. The van der Waals surface area contributed by atoms with Crippen LogP contribution >= 0.6 is 27.3 Å². The number of nitrogens with zero attached hydrogens (tertiary/aromatic N) is 1. The number of nitrogens with one attached hydrogen (secondary N) is 1. The molecule has 0 amide bonds. The molecule has 0 aliphatic heterocycles. The smallest absolute Gasteiger partial charge is 0.260 e. The Kier molecular flexibility index (Phi) is 5.44. The van der Waals surface area contributed by atoms with Crippen LogP contribution in [0.25, 0.3) is 21.6 Å². The normalized spacial score (nSPS) is 15.8. The number of benzene rings is 2. The number of rotatable bonds is 4. The number of aromatic amines is 1. The monoisotopic (exact) mass is 494 g/mol. The van der Waals surface area contributed by atoms with Crippen molar-refractivity contribution in [2.45, 2.75) is 39.7 Å².